The average Bonchev–Trinajstić information content (AvgIpc) is 2.49. The van der Waals surface area contributed by atoms with Gasteiger partial charge >= 0.3 is 0 Å². The summed E-state index contributed by atoms with van der Waals surface area (Å²) in [6.45, 7) is 11.0. The normalized spacial score (nSPS) is 11.9. The van der Waals surface area contributed by atoms with Crippen molar-refractivity contribution in [2.75, 3.05) is 20.2 Å². The van der Waals surface area contributed by atoms with E-state index in [1.807, 2.05) is 21.0 Å². The molecule has 0 bridgehead atoms. The van der Waals surface area contributed by atoms with Gasteiger partial charge in [-0.25, -0.2) is 4.68 Å². The van der Waals surface area contributed by atoms with Crippen molar-refractivity contribution in [3.05, 3.63) is 23.9 Å². The number of rotatable bonds is 7. The summed E-state index contributed by atoms with van der Waals surface area (Å²) >= 11 is 0. The van der Waals surface area contributed by atoms with Crippen molar-refractivity contribution < 1.29 is 9.84 Å². The van der Waals surface area contributed by atoms with Crippen LogP contribution in [0.15, 0.2) is 12.7 Å². The van der Waals surface area contributed by atoms with Crippen LogP contribution < -0.4 is 4.74 Å². The van der Waals surface area contributed by atoms with Gasteiger partial charge in [0.05, 0.1) is 16.9 Å². The van der Waals surface area contributed by atoms with Crippen molar-refractivity contribution in [2.24, 2.45) is 7.05 Å². The fourth-order valence-electron chi connectivity index (χ4n) is 2.17. The van der Waals surface area contributed by atoms with E-state index in [2.05, 4.69) is 16.6 Å². The minimum absolute atomic E-state index is 0.460. The summed E-state index contributed by atoms with van der Waals surface area (Å²) in [5.41, 5.74) is 1.28. The van der Waals surface area contributed by atoms with Crippen LogP contribution in [-0.2, 0) is 13.6 Å². The number of ether oxygens (including phenoxy) is 1. The lowest BCUT2D eigenvalue weighted by Crippen LogP contribution is -2.36. The molecule has 0 aliphatic carbocycles. The highest BCUT2D eigenvalue weighted by molar-refractivity contribution is 5.31. The third-order valence-corrected chi connectivity index (χ3v) is 2.71. The first-order valence-corrected chi connectivity index (χ1v) is 6.41. The molecule has 0 saturated carbocycles. The van der Waals surface area contributed by atoms with E-state index in [9.17, 15) is 5.11 Å². The zero-order valence-electron chi connectivity index (χ0n) is 12.6. The van der Waals surface area contributed by atoms with Gasteiger partial charge in [-0.05, 0) is 27.8 Å². The molecular weight excluding hydrogens is 242 g/mol. The summed E-state index contributed by atoms with van der Waals surface area (Å²) in [4.78, 5) is 2.06. The van der Waals surface area contributed by atoms with Gasteiger partial charge in [0.25, 0.3) is 0 Å². The van der Waals surface area contributed by atoms with Crippen LogP contribution in [0.2, 0.25) is 0 Å². The maximum Gasteiger partial charge on any atom is 0.216 e. The maximum atomic E-state index is 9.84. The molecule has 1 N–H and O–H groups in total. The lowest BCUT2D eigenvalue weighted by atomic mass is 10.1. The number of hydrogen-bond donors (Lipinski definition) is 1. The van der Waals surface area contributed by atoms with Gasteiger partial charge < -0.3 is 9.84 Å². The van der Waals surface area contributed by atoms with Crippen LogP contribution in [-0.4, -0.2) is 45.6 Å². The predicted molar refractivity (Wildman–Crippen MR) is 76.3 cm³/mol. The molecule has 1 rings (SSSR count). The van der Waals surface area contributed by atoms with E-state index in [1.165, 1.54) is 0 Å². The van der Waals surface area contributed by atoms with Gasteiger partial charge in [0.2, 0.25) is 5.88 Å². The Bertz CT molecular complexity index is 433. The Morgan fingerprint density at radius 1 is 1.53 bits per heavy atom. The summed E-state index contributed by atoms with van der Waals surface area (Å²) < 4.78 is 7.40. The Morgan fingerprint density at radius 2 is 2.16 bits per heavy atom. The highest BCUT2D eigenvalue weighted by Gasteiger charge is 2.20. The lowest BCUT2D eigenvalue weighted by molar-refractivity contribution is 0.0421. The van der Waals surface area contributed by atoms with E-state index in [0.717, 1.165) is 17.1 Å². The second-order valence-electron chi connectivity index (χ2n) is 5.58. The smallest absolute Gasteiger partial charge is 0.216 e. The lowest BCUT2D eigenvalue weighted by Gasteiger charge is -2.25. The summed E-state index contributed by atoms with van der Waals surface area (Å²) in [5, 5.41) is 14.2. The Labute approximate surface area is 115 Å². The van der Waals surface area contributed by atoms with Crippen LogP contribution in [0.25, 0.3) is 0 Å². The first-order chi connectivity index (χ1) is 8.74. The van der Waals surface area contributed by atoms with Gasteiger partial charge in [-0.1, -0.05) is 12.7 Å². The third-order valence-electron chi connectivity index (χ3n) is 2.71. The standard InChI is InChI=1S/C14H25N3O2/c1-7-8-19-13-12(11(2)15-17(13)6)9-16(5)10-14(3,4)18/h7,18H,1,8-10H2,2-6H3. The van der Waals surface area contributed by atoms with Crippen molar-refractivity contribution in [3.63, 3.8) is 0 Å². The number of aliphatic hydroxyl groups is 1. The van der Waals surface area contributed by atoms with E-state index in [1.54, 1.807) is 24.6 Å². The minimum Gasteiger partial charge on any atom is -0.473 e. The van der Waals surface area contributed by atoms with Crippen LogP contribution >= 0.6 is 0 Å². The minimum atomic E-state index is -0.715. The zero-order valence-corrected chi connectivity index (χ0v) is 12.6. The Morgan fingerprint density at radius 3 is 2.68 bits per heavy atom. The van der Waals surface area contributed by atoms with Crippen LogP contribution in [0.5, 0.6) is 5.88 Å². The SMILES string of the molecule is C=CCOc1c(CN(C)CC(C)(C)O)c(C)nn1C. The van der Waals surface area contributed by atoms with E-state index in [4.69, 9.17) is 4.74 Å². The number of likely N-dealkylation sites (N-methyl/N-ethyl adjacent to an activating group) is 1. The number of aromatic nitrogens is 2. The fraction of sp³-hybridized carbons (Fsp3) is 0.643. The number of hydrogen-bond acceptors (Lipinski definition) is 4. The zero-order chi connectivity index (χ0) is 14.6. The summed E-state index contributed by atoms with van der Waals surface area (Å²) in [6.07, 6.45) is 1.71. The Hall–Kier alpha value is -1.33. The molecule has 0 fully saturated rings. The fourth-order valence-corrected chi connectivity index (χ4v) is 2.17. The second kappa shape index (κ2) is 6.21. The topological polar surface area (TPSA) is 50.5 Å². The summed E-state index contributed by atoms with van der Waals surface area (Å²) in [6, 6.07) is 0. The molecule has 19 heavy (non-hydrogen) atoms. The molecule has 0 amide bonds. The molecule has 5 heteroatoms. The van der Waals surface area contributed by atoms with Gasteiger partial charge in [-0.3, -0.25) is 4.90 Å². The third kappa shape index (κ3) is 4.69. The molecule has 1 aromatic heterocycles. The molecule has 0 unspecified atom stereocenters. The average molecular weight is 267 g/mol. The highest BCUT2D eigenvalue weighted by atomic mass is 16.5. The van der Waals surface area contributed by atoms with Crippen molar-refractivity contribution in [3.8, 4) is 5.88 Å². The monoisotopic (exact) mass is 267 g/mol. The molecule has 0 radical (unpaired) electrons. The molecule has 0 atom stereocenters. The molecule has 108 valence electrons. The summed E-state index contributed by atoms with van der Waals surface area (Å²) in [7, 11) is 3.84. The van der Waals surface area contributed by atoms with Gasteiger partial charge in [0, 0.05) is 20.1 Å². The summed E-state index contributed by atoms with van der Waals surface area (Å²) in [5.74, 6) is 0.764. The quantitative estimate of drug-likeness (QED) is 0.761. The second-order valence-corrected chi connectivity index (χ2v) is 5.58. The van der Waals surface area contributed by atoms with Gasteiger partial charge in [0.15, 0.2) is 0 Å². The van der Waals surface area contributed by atoms with Crippen LogP contribution in [0.4, 0.5) is 0 Å². The molecule has 5 nitrogen and oxygen atoms in total. The van der Waals surface area contributed by atoms with E-state index >= 15 is 0 Å². The van der Waals surface area contributed by atoms with E-state index in [0.29, 0.717) is 19.7 Å². The van der Waals surface area contributed by atoms with Crippen LogP contribution in [0, 0.1) is 6.92 Å². The highest BCUT2D eigenvalue weighted by Crippen LogP contribution is 2.23. The number of nitrogens with zero attached hydrogens (tertiary/aromatic N) is 3. The van der Waals surface area contributed by atoms with Crippen molar-refractivity contribution in [1.82, 2.24) is 14.7 Å². The van der Waals surface area contributed by atoms with Crippen LogP contribution in [0.1, 0.15) is 25.1 Å². The van der Waals surface area contributed by atoms with Gasteiger partial charge in [-0.15, -0.1) is 0 Å². The van der Waals surface area contributed by atoms with Crippen molar-refractivity contribution in [2.45, 2.75) is 32.9 Å². The number of aryl methyl sites for hydroxylation is 2. The largest absolute Gasteiger partial charge is 0.473 e. The van der Waals surface area contributed by atoms with E-state index < -0.39 is 5.60 Å². The van der Waals surface area contributed by atoms with Crippen molar-refractivity contribution >= 4 is 0 Å². The molecule has 0 aromatic carbocycles. The molecule has 0 spiro atoms. The van der Waals surface area contributed by atoms with E-state index in [-0.39, 0.29) is 0 Å². The molecule has 0 aliphatic heterocycles. The van der Waals surface area contributed by atoms with Crippen LogP contribution in [0.3, 0.4) is 0 Å². The van der Waals surface area contributed by atoms with Gasteiger partial charge in [0.1, 0.15) is 6.61 Å². The predicted octanol–water partition coefficient (Wildman–Crippen LogP) is 1.50. The molecular formula is C14H25N3O2. The Balaban J connectivity index is 2.84. The van der Waals surface area contributed by atoms with Gasteiger partial charge in [-0.2, -0.15) is 5.10 Å². The molecule has 0 aliphatic rings. The first kappa shape index (κ1) is 15.7. The van der Waals surface area contributed by atoms with Crippen molar-refractivity contribution in [1.29, 1.82) is 0 Å². The Kier molecular flexibility index (Phi) is 5.14. The first-order valence-electron chi connectivity index (χ1n) is 6.41. The molecule has 1 aromatic rings. The molecule has 1 heterocycles. The maximum absolute atomic E-state index is 9.84. The molecule has 0 saturated heterocycles.